The van der Waals surface area contributed by atoms with Crippen LogP contribution in [0.1, 0.15) is 29.2 Å². The number of nitrogens with one attached hydrogen (secondary N) is 1. The second kappa shape index (κ2) is 7.06. The number of ketones is 1. The normalized spacial score (nSPS) is 14.8. The first-order valence-corrected chi connectivity index (χ1v) is 10.0. The Balaban J connectivity index is 1.33. The molecule has 1 aliphatic heterocycles. The van der Waals surface area contributed by atoms with E-state index in [4.69, 9.17) is 19.6 Å². The van der Waals surface area contributed by atoms with Crippen LogP contribution in [0.3, 0.4) is 0 Å². The number of anilines is 1. The maximum Gasteiger partial charge on any atom is 0.330 e. The molecule has 0 bridgehead atoms. The van der Waals surface area contributed by atoms with Gasteiger partial charge in [0.05, 0.1) is 5.75 Å². The molecular formula is C18H15N5O6S. The largest absolute Gasteiger partial charge is 0.454 e. The number of H-pyrrole nitrogens is 1. The van der Waals surface area contributed by atoms with Crippen molar-refractivity contribution < 1.29 is 18.7 Å². The molecule has 0 spiro atoms. The van der Waals surface area contributed by atoms with Crippen molar-refractivity contribution in [2.45, 2.75) is 24.1 Å². The molecule has 5 rings (SSSR count). The minimum Gasteiger partial charge on any atom is -0.454 e. The molecule has 3 N–H and O–H groups in total. The summed E-state index contributed by atoms with van der Waals surface area (Å²) < 4.78 is 17.4. The molecule has 1 aliphatic carbocycles. The fourth-order valence-electron chi connectivity index (χ4n) is 3.14. The number of fused-ring (bicyclic) bond motifs is 1. The number of hydrogen-bond acceptors (Lipinski definition) is 10. The summed E-state index contributed by atoms with van der Waals surface area (Å²) >= 11 is 0.974. The Morgan fingerprint density at radius 1 is 1.23 bits per heavy atom. The van der Waals surface area contributed by atoms with Crippen LogP contribution in [-0.4, -0.2) is 38.1 Å². The Labute approximate surface area is 172 Å². The van der Waals surface area contributed by atoms with E-state index in [2.05, 4.69) is 15.2 Å². The van der Waals surface area contributed by atoms with E-state index in [-0.39, 0.29) is 41.1 Å². The van der Waals surface area contributed by atoms with Gasteiger partial charge in [-0.15, -0.1) is 10.2 Å². The Bertz CT molecular complexity index is 1270. The maximum atomic E-state index is 12.6. The summed E-state index contributed by atoms with van der Waals surface area (Å²) in [7, 11) is 0. The number of thioether (sulfide) groups is 1. The monoisotopic (exact) mass is 429 g/mol. The number of aromatic nitrogens is 4. The fourth-order valence-corrected chi connectivity index (χ4v) is 3.78. The quantitative estimate of drug-likeness (QED) is 0.431. The summed E-state index contributed by atoms with van der Waals surface area (Å²) in [5, 5.41) is 8.04. The van der Waals surface area contributed by atoms with Gasteiger partial charge in [-0.3, -0.25) is 19.1 Å². The predicted molar refractivity (Wildman–Crippen MR) is 105 cm³/mol. The molecule has 3 aromatic rings. The average Bonchev–Trinajstić information content (AvgIpc) is 3.24. The molecule has 30 heavy (non-hydrogen) atoms. The van der Waals surface area contributed by atoms with Crippen LogP contribution in [0.4, 0.5) is 5.82 Å². The van der Waals surface area contributed by atoms with E-state index >= 15 is 0 Å². The molecule has 3 heterocycles. The molecule has 1 fully saturated rings. The molecule has 1 aromatic carbocycles. The number of aromatic amines is 1. The summed E-state index contributed by atoms with van der Waals surface area (Å²) in [5.74, 6) is 0.672. The molecule has 12 heteroatoms. The molecule has 1 saturated carbocycles. The van der Waals surface area contributed by atoms with Crippen molar-refractivity contribution >= 4 is 23.4 Å². The van der Waals surface area contributed by atoms with Gasteiger partial charge < -0.3 is 19.6 Å². The minimum atomic E-state index is -0.799. The van der Waals surface area contributed by atoms with E-state index in [0.717, 1.165) is 24.6 Å². The predicted octanol–water partition coefficient (Wildman–Crippen LogP) is 1.21. The highest BCUT2D eigenvalue weighted by molar-refractivity contribution is 7.99. The van der Waals surface area contributed by atoms with Gasteiger partial charge in [0.15, 0.2) is 17.3 Å². The van der Waals surface area contributed by atoms with Crippen LogP contribution in [-0.2, 0) is 0 Å². The van der Waals surface area contributed by atoms with Crippen molar-refractivity contribution in [3.63, 3.8) is 0 Å². The van der Waals surface area contributed by atoms with Crippen LogP contribution >= 0.6 is 11.8 Å². The Morgan fingerprint density at radius 3 is 2.83 bits per heavy atom. The molecule has 0 atom stereocenters. The lowest BCUT2D eigenvalue weighted by Crippen LogP contribution is -2.36. The van der Waals surface area contributed by atoms with Gasteiger partial charge >= 0.3 is 5.69 Å². The number of carbonyl (C=O) groups is 1. The van der Waals surface area contributed by atoms with Gasteiger partial charge in [-0.2, -0.15) is 0 Å². The minimum absolute atomic E-state index is 0.0752. The number of benzene rings is 1. The zero-order valence-corrected chi connectivity index (χ0v) is 16.2. The molecular weight excluding hydrogens is 414 g/mol. The molecule has 0 unspecified atom stereocenters. The van der Waals surface area contributed by atoms with E-state index in [9.17, 15) is 14.4 Å². The molecule has 2 aromatic heterocycles. The fraction of sp³-hybridized carbons (Fsp3) is 0.278. The molecule has 154 valence electrons. The van der Waals surface area contributed by atoms with Gasteiger partial charge in [-0.25, -0.2) is 4.79 Å². The first kappa shape index (κ1) is 18.5. The van der Waals surface area contributed by atoms with Gasteiger partial charge in [0.1, 0.15) is 11.4 Å². The first-order valence-electron chi connectivity index (χ1n) is 9.05. The number of hydrogen-bond donors (Lipinski definition) is 2. The van der Waals surface area contributed by atoms with Crippen LogP contribution in [0.15, 0.2) is 37.4 Å². The number of ether oxygens (including phenoxy) is 2. The zero-order chi connectivity index (χ0) is 20.8. The number of Topliss-reactive ketones (excluding diaryl/α,β-unsaturated/α-hetero) is 1. The lowest BCUT2D eigenvalue weighted by molar-refractivity contribution is 0.102. The van der Waals surface area contributed by atoms with Gasteiger partial charge in [-0.1, -0.05) is 11.8 Å². The smallest absolute Gasteiger partial charge is 0.330 e. The van der Waals surface area contributed by atoms with Gasteiger partial charge in [0.25, 0.3) is 10.8 Å². The van der Waals surface area contributed by atoms with Gasteiger partial charge in [-0.05, 0) is 31.0 Å². The SMILES string of the molecule is Nc1c(C(=O)CSc2nnc(-c3ccc4c(c3)OCO4)o2)c(=O)[nH]c(=O)n1C1CC1. The summed E-state index contributed by atoms with van der Waals surface area (Å²) in [6, 6.07) is 5.13. The third kappa shape index (κ3) is 3.24. The second-order valence-electron chi connectivity index (χ2n) is 6.77. The molecule has 2 aliphatic rings. The summed E-state index contributed by atoms with van der Waals surface area (Å²) in [4.78, 5) is 38.9. The molecule has 0 amide bonds. The number of nitrogen functional groups attached to an aromatic ring is 1. The van der Waals surface area contributed by atoms with Crippen molar-refractivity contribution in [1.82, 2.24) is 19.7 Å². The third-order valence-electron chi connectivity index (χ3n) is 4.73. The Hall–Kier alpha value is -3.54. The zero-order valence-electron chi connectivity index (χ0n) is 15.4. The highest BCUT2D eigenvalue weighted by Gasteiger charge is 2.30. The third-order valence-corrected chi connectivity index (χ3v) is 5.54. The Morgan fingerprint density at radius 2 is 2.03 bits per heavy atom. The van der Waals surface area contributed by atoms with Crippen LogP contribution in [0.5, 0.6) is 11.5 Å². The van der Waals surface area contributed by atoms with E-state index in [0.29, 0.717) is 17.1 Å². The lowest BCUT2D eigenvalue weighted by atomic mass is 10.2. The van der Waals surface area contributed by atoms with Gasteiger partial charge in [0, 0.05) is 11.6 Å². The molecule has 11 nitrogen and oxygen atoms in total. The lowest BCUT2D eigenvalue weighted by Gasteiger charge is -2.10. The second-order valence-corrected chi connectivity index (χ2v) is 7.70. The number of carbonyl (C=O) groups excluding carboxylic acids is 1. The molecule has 0 radical (unpaired) electrons. The first-order chi connectivity index (χ1) is 14.5. The van der Waals surface area contributed by atoms with Crippen molar-refractivity contribution in [3.8, 4) is 23.0 Å². The van der Waals surface area contributed by atoms with Crippen LogP contribution < -0.4 is 26.5 Å². The van der Waals surface area contributed by atoms with E-state index in [1.54, 1.807) is 18.2 Å². The average molecular weight is 429 g/mol. The summed E-state index contributed by atoms with van der Waals surface area (Å²) in [5.41, 5.74) is 4.97. The standard InChI is InChI=1S/C18H15N5O6S/c19-14-13(15(25)20-17(26)23(14)9-2-3-9)10(24)6-30-18-22-21-16(29-18)8-1-4-11-12(5-8)28-7-27-11/h1,4-5,9H,2-3,6-7,19H2,(H,20,25,26). The van der Waals surface area contributed by atoms with E-state index < -0.39 is 17.0 Å². The van der Waals surface area contributed by atoms with Crippen molar-refractivity contribution in [3.05, 3.63) is 44.6 Å². The number of rotatable bonds is 6. The van der Waals surface area contributed by atoms with E-state index in [1.807, 2.05) is 0 Å². The van der Waals surface area contributed by atoms with Crippen molar-refractivity contribution in [1.29, 1.82) is 0 Å². The Kier molecular flexibility index (Phi) is 4.35. The number of nitrogens with two attached hydrogens (primary N) is 1. The maximum absolute atomic E-state index is 12.6. The van der Waals surface area contributed by atoms with Crippen LogP contribution in [0, 0.1) is 0 Å². The summed E-state index contributed by atoms with van der Waals surface area (Å²) in [6.45, 7) is 0.155. The van der Waals surface area contributed by atoms with Crippen molar-refractivity contribution in [2.75, 3.05) is 18.3 Å². The van der Waals surface area contributed by atoms with Crippen molar-refractivity contribution in [2.24, 2.45) is 0 Å². The van der Waals surface area contributed by atoms with Crippen LogP contribution in [0.2, 0.25) is 0 Å². The van der Waals surface area contributed by atoms with Crippen LogP contribution in [0.25, 0.3) is 11.5 Å². The highest BCUT2D eigenvalue weighted by Crippen LogP contribution is 2.37. The van der Waals surface area contributed by atoms with E-state index in [1.165, 1.54) is 4.57 Å². The topological polar surface area (TPSA) is 155 Å². The summed E-state index contributed by atoms with van der Waals surface area (Å²) in [6.07, 6.45) is 1.56. The van der Waals surface area contributed by atoms with Gasteiger partial charge in [0.2, 0.25) is 12.7 Å². The molecule has 0 saturated heterocycles. The highest BCUT2D eigenvalue weighted by atomic mass is 32.2. The number of nitrogens with zero attached hydrogens (tertiary/aromatic N) is 3.